The fourth-order valence-electron chi connectivity index (χ4n) is 3.60. The molecule has 8 heteroatoms. The first-order chi connectivity index (χ1) is 13.9. The van der Waals surface area contributed by atoms with Crippen molar-refractivity contribution in [1.29, 1.82) is 0 Å². The maximum Gasteiger partial charge on any atom is 0.223 e. The van der Waals surface area contributed by atoms with Gasteiger partial charge in [0, 0.05) is 31.8 Å². The fourth-order valence-corrected chi connectivity index (χ4v) is 4.49. The van der Waals surface area contributed by atoms with Crippen molar-refractivity contribution < 1.29 is 14.0 Å². The summed E-state index contributed by atoms with van der Waals surface area (Å²) in [6.07, 6.45) is 2.40. The maximum absolute atomic E-state index is 13.0. The number of thioether (sulfide) groups is 1. The molecule has 1 amide bonds. The van der Waals surface area contributed by atoms with Crippen LogP contribution in [-0.4, -0.2) is 38.2 Å². The third-order valence-corrected chi connectivity index (χ3v) is 6.36. The van der Waals surface area contributed by atoms with Crippen molar-refractivity contribution in [2.24, 2.45) is 7.05 Å². The molecule has 0 bridgehead atoms. The van der Waals surface area contributed by atoms with E-state index in [0.29, 0.717) is 23.1 Å². The highest BCUT2D eigenvalue weighted by molar-refractivity contribution is 8.00. The first-order valence-electron chi connectivity index (χ1n) is 9.42. The number of ketones is 1. The van der Waals surface area contributed by atoms with E-state index in [1.165, 1.54) is 11.8 Å². The maximum atomic E-state index is 13.0. The van der Waals surface area contributed by atoms with Crippen LogP contribution in [0.15, 0.2) is 40.1 Å². The van der Waals surface area contributed by atoms with Crippen molar-refractivity contribution >= 4 is 29.1 Å². The molecule has 3 aromatic rings. The van der Waals surface area contributed by atoms with Gasteiger partial charge in [0.25, 0.3) is 0 Å². The summed E-state index contributed by atoms with van der Waals surface area (Å²) in [5.41, 5.74) is 3.49. The Morgan fingerprint density at radius 2 is 2.03 bits per heavy atom. The molecule has 0 N–H and O–H groups in total. The topological polar surface area (TPSA) is 81.2 Å². The van der Waals surface area contributed by atoms with E-state index < -0.39 is 0 Å². The van der Waals surface area contributed by atoms with Crippen molar-refractivity contribution in [2.45, 2.75) is 37.6 Å². The minimum atomic E-state index is -0.320. The van der Waals surface area contributed by atoms with Gasteiger partial charge in [0.1, 0.15) is 5.76 Å². The summed E-state index contributed by atoms with van der Waals surface area (Å²) in [5, 5.41) is 8.87. The minimum absolute atomic E-state index is 0.0256. The summed E-state index contributed by atoms with van der Waals surface area (Å²) < 4.78 is 7.23. The van der Waals surface area contributed by atoms with Gasteiger partial charge in [-0.25, -0.2) is 0 Å². The molecule has 0 spiro atoms. The third kappa shape index (κ3) is 3.48. The second-order valence-corrected chi connectivity index (χ2v) is 8.45. The lowest BCUT2D eigenvalue weighted by atomic mass is 10.0. The second-order valence-electron chi connectivity index (χ2n) is 7.14. The van der Waals surface area contributed by atoms with Gasteiger partial charge in [-0.3, -0.25) is 9.59 Å². The number of fused-ring (bicyclic) bond motifs is 1. The number of aryl methyl sites for hydroxylation is 1. The van der Waals surface area contributed by atoms with Crippen LogP contribution in [0.4, 0.5) is 5.69 Å². The molecule has 0 saturated heterocycles. The Balaban J connectivity index is 1.52. The first-order valence-corrected chi connectivity index (χ1v) is 10.3. The Kier molecular flexibility index (Phi) is 5.04. The highest BCUT2D eigenvalue weighted by Gasteiger charge is 2.26. The van der Waals surface area contributed by atoms with Crippen LogP contribution < -0.4 is 4.90 Å². The molecule has 0 fully saturated rings. The van der Waals surface area contributed by atoms with E-state index in [-0.39, 0.29) is 16.9 Å². The largest absolute Gasteiger partial charge is 0.469 e. The van der Waals surface area contributed by atoms with E-state index in [4.69, 9.17) is 4.42 Å². The van der Waals surface area contributed by atoms with Crippen LogP contribution in [0.3, 0.4) is 0 Å². The van der Waals surface area contributed by atoms with Crippen molar-refractivity contribution in [1.82, 2.24) is 14.8 Å². The number of hydrogen-bond acceptors (Lipinski definition) is 6. The van der Waals surface area contributed by atoms with Gasteiger partial charge in [-0.2, -0.15) is 0 Å². The quantitative estimate of drug-likeness (QED) is 0.472. The number of carbonyl (C=O) groups is 2. The number of furan rings is 1. The zero-order valence-corrected chi connectivity index (χ0v) is 17.6. The Labute approximate surface area is 173 Å². The number of anilines is 1. The Morgan fingerprint density at radius 3 is 2.72 bits per heavy atom. The molecule has 1 atom stereocenters. The number of benzene rings is 1. The molecule has 0 saturated carbocycles. The minimum Gasteiger partial charge on any atom is -0.469 e. The lowest BCUT2D eigenvalue weighted by molar-refractivity contribution is -0.116. The van der Waals surface area contributed by atoms with Gasteiger partial charge in [-0.05, 0) is 50.1 Å². The standard InChI is InChI=1S/C21H22N4O3S/c1-12-17(8-10-28-12)20-22-23-21(24(20)4)29-13(2)19(27)16-5-6-18-15(11-16)7-9-25(18)14(3)26/h5-6,8,10-11,13H,7,9H2,1-4H3. The van der Waals surface area contributed by atoms with E-state index in [0.717, 1.165) is 29.0 Å². The third-order valence-electron chi connectivity index (χ3n) is 5.23. The van der Waals surface area contributed by atoms with Crippen molar-refractivity contribution in [3.63, 3.8) is 0 Å². The molecular weight excluding hydrogens is 388 g/mol. The Morgan fingerprint density at radius 1 is 1.24 bits per heavy atom. The first kappa shape index (κ1) is 19.4. The molecule has 150 valence electrons. The fraction of sp³-hybridized carbons (Fsp3) is 0.333. The summed E-state index contributed by atoms with van der Waals surface area (Å²) in [4.78, 5) is 26.5. The van der Waals surface area contributed by atoms with Crippen molar-refractivity contribution in [3.05, 3.63) is 47.4 Å². The van der Waals surface area contributed by atoms with Gasteiger partial charge in [-0.15, -0.1) is 10.2 Å². The molecule has 4 rings (SSSR count). The van der Waals surface area contributed by atoms with Crippen LogP contribution >= 0.6 is 11.8 Å². The highest BCUT2D eigenvalue weighted by atomic mass is 32.2. The summed E-state index contributed by atoms with van der Waals surface area (Å²) in [6.45, 7) is 5.98. The average Bonchev–Trinajstić information content (AvgIpc) is 3.40. The van der Waals surface area contributed by atoms with Gasteiger partial charge >= 0.3 is 0 Å². The predicted octanol–water partition coefficient (Wildman–Crippen LogP) is 3.66. The lowest BCUT2D eigenvalue weighted by Crippen LogP contribution is -2.25. The van der Waals surface area contributed by atoms with Crippen LogP contribution in [0, 0.1) is 6.92 Å². The number of amides is 1. The number of hydrogen-bond donors (Lipinski definition) is 0. The summed E-state index contributed by atoms with van der Waals surface area (Å²) in [6, 6.07) is 7.44. The van der Waals surface area contributed by atoms with E-state index >= 15 is 0 Å². The second kappa shape index (κ2) is 7.51. The molecule has 2 aromatic heterocycles. The zero-order chi connectivity index (χ0) is 20.7. The molecule has 1 aliphatic rings. The van der Waals surface area contributed by atoms with Gasteiger partial charge in [-0.1, -0.05) is 11.8 Å². The monoisotopic (exact) mass is 410 g/mol. The molecule has 7 nitrogen and oxygen atoms in total. The van der Waals surface area contributed by atoms with Crippen LogP contribution in [0.1, 0.15) is 35.5 Å². The summed E-state index contributed by atoms with van der Waals surface area (Å²) in [5.74, 6) is 1.54. The van der Waals surface area contributed by atoms with E-state index in [2.05, 4.69) is 10.2 Å². The summed E-state index contributed by atoms with van der Waals surface area (Å²) >= 11 is 1.38. The SMILES string of the molecule is CC(=O)N1CCc2cc(C(=O)C(C)Sc3nnc(-c4ccoc4C)n3C)ccc21. The van der Waals surface area contributed by atoms with Crippen molar-refractivity contribution in [2.75, 3.05) is 11.4 Å². The van der Waals surface area contributed by atoms with E-state index in [1.54, 1.807) is 24.2 Å². The molecule has 0 aliphatic carbocycles. The van der Waals surface area contributed by atoms with Crippen LogP contribution in [-0.2, 0) is 18.3 Å². The normalized spacial score (nSPS) is 14.1. The van der Waals surface area contributed by atoms with Gasteiger partial charge < -0.3 is 13.9 Å². The molecule has 3 heterocycles. The predicted molar refractivity (Wildman–Crippen MR) is 111 cm³/mol. The number of nitrogens with zero attached hydrogens (tertiary/aromatic N) is 4. The number of rotatable bonds is 5. The molecule has 1 aliphatic heterocycles. The number of Topliss-reactive ketones (excluding diaryl/α,β-unsaturated/α-hetero) is 1. The zero-order valence-electron chi connectivity index (χ0n) is 16.8. The number of carbonyl (C=O) groups excluding carboxylic acids is 2. The van der Waals surface area contributed by atoms with Crippen LogP contribution in [0.2, 0.25) is 0 Å². The van der Waals surface area contributed by atoms with Crippen LogP contribution in [0.5, 0.6) is 0 Å². The average molecular weight is 410 g/mol. The highest BCUT2D eigenvalue weighted by Crippen LogP contribution is 2.32. The van der Waals surface area contributed by atoms with Gasteiger partial charge in [0.15, 0.2) is 16.8 Å². The molecule has 0 radical (unpaired) electrons. The smallest absolute Gasteiger partial charge is 0.223 e. The Hall–Kier alpha value is -2.87. The van der Waals surface area contributed by atoms with Crippen molar-refractivity contribution in [3.8, 4) is 11.4 Å². The van der Waals surface area contributed by atoms with E-state index in [1.807, 2.05) is 43.7 Å². The Bertz CT molecular complexity index is 1100. The molecule has 29 heavy (non-hydrogen) atoms. The molecule has 1 aromatic carbocycles. The van der Waals surface area contributed by atoms with Gasteiger partial charge in [0.05, 0.1) is 17.1 Å². The lowest BCUT2D eigenvalue weighted by Gasteiger charge is -2.15. The molecule has 1 unspecified atom stereocenters. The van der Waals surface area contributed by atoms with E-state index in [9.17, 15) is 9.59 Å². The number of aromatic nitrogens is 3. The van der Waals surface area contributed by atoms with Crippen LogP contribution in [0.25, 0.3) is 11.4 Å². The molecular formula is C21H22N4O3S. The van der Waals surface area contributed by atoms with Gasteiger partial charge in [0.2, 0.25) is 5.91 Å². The summed E-state index contributed by atoms with van der Waals surface area (Å²) in [7, 11) is 1.88.